The van der Waals surface area contributed by atoms with Gasteiger partial charge in [0.2, 0.25) is 15.9 Å². The molecular weight excluding hydrogens is 526 g/mol. The molecule has 0 aliphatic carbocycles. The van der Waals surface area contributed by atoms with Gasteiger partial charge in [-0.05, 0) is 62.8 Å². The van der Waals surface area contributed by atoms with Crippen molar-refractivity contribution in [2.75, 3.05) is 12.8 Å². The van der Waals surface area contributed by atoms with Crippen LogP contribution >= 0.6 is 27.3 Å². The summed E-state index contributed by atoms with van der Waals surface area (Å²) in [6.45, 7) is 7.18. The van der Waals surface area contributed by atoms with E-state index in [9.17, 15) is 18.0 Å². The van der Waals surface area contributed by atoms with Crippen molar-refractivity contribution in [1.29, 1.82) is 0 Å². The number of carbonyl (C=O) groups excluding carboxylic acids is 2. The van der Waals surface area contributed by atoms with E-state index >= 15 is 0 Å². The van der Waals surface area contributed by atoms with Gasteiger partial charge in [0.25, 0.3) is 5.91 Å². The minimum absolute atomic E-state index is 0.0209. The Kier molecular flexibility index (Phi) is 8.36. The molecule has 10 heteroatoms. The van der Waals surface area contributed by atoms with E-state index in [0.29, 0.717) is 37.4 Å². The number of fused-ring (bicyclic) bond motifs is 1. The lowest BCUT2D eigenvalue weighted by atomic mass is 9.94. The smallest absolute Gasteiger partial charge is 0.265 e. The molecule has 2 unspecified atom stereocenters. The number of carbonyl (C=O) groups is 2. The largest absolute Gasteiger partial charge is 0.351 e. The Morgan fingerprint density at radius 3 is 2.64 bits per heavy atom. The number of nitrogens with one attached hydrogen (secondary N) is 2. The second-order valence-electron chi connectivity index (χ2n) is 8.56. The second-order valence-corrected chi connectivity index (χ2v) is 12.0. The summed E-state index contributed by atoms with van der Waals surface area (Å²) in [7, 11) is -3.51. The number of sulfonamides is 1. The highest BCUT2D eigenvalue weighted by atomic mass is 79.9. The van der Waals surface area contributed by atoms with Gasteiger partial charge in [-0.15, -0.1) is 11.3 Å². The summed E-state index contributed by atoms with van der Waals surface area (Å²) in [5, 5.41) is 4.88. The third-order valence-electron chi connectivity index (χ3n) is 6.03. The fraction of sp³-hybridized carbons (Fsp3) is 0.478. The number of thiophene rings is 1. The molecule has 0 radical (unpaired) electrons. The van der Waals surface area contributed by atoms with Crippen LogP contribution in [0.2, 0.25) is 0 Å². The van der Waals surface area contributed by atoms with E-state index in [1.54, 1.807) is 0 Å². The molecule has 2 amide bonds. The average molecular weight is 557 g/mol. The van der Waals surface area contributed by atoms with Crippen LogP contribution in [0.4, 0.5) is 0 Å². The van der Waals surface area contributed by atoms with E-state index in [1.807, 2.05) is 49.3 Å². The van der Waals surface area contributed by atoms with Crippen molar-refractivity contribution in [3.8, 4) is 0 Å². The van der Waals surface area contributed by atoms with Crippen molar-refractivity contribution in [3.63, 3.8) is 0 Å². The number of rotatable bonds is 8. The van der Waals surface area contributed by atoms with Gasteiger partial charge in [-0.2, -0.15) is 0 Å². The molecule has 7 nitrogen and oxygen atoms in total. The standard InChI is InChI=1S/C23H30BrN3O4S2/c1-5-14(2)20(26-33(4,30)31)22(28)25-11-16-7-6-8-17-12-27(10-9-18(16)17)23(29)21-19(24)15(3)13-32-21/h6-8,13-14,20,26H,5,9-12H2,1-4H3,(H,25,28). The van der Waals surface area contributed by atoms with Gasteiger partial charge in [0.05, 0.1) is 6.26 Å². The molecule has 2 aromatic rings. The number of aryl methyl sites for hydroxylation is 1. The minimum Gasteiger partial charge on any atom is -0.351 e. The molecule has 0 spiro atoms. The van der Waals surface area contributed by atoms with Crippen molar-refractivity contribution in [1.82, 2.24) is 14.9 Å². The van der Waals surface area contributed by atoms with Crippen LogP contribution in [0.15, 0.2) is 28.1 Å². The highest BCUT2D eigenvalue weighted by Gasteiger charge is 2.28. The van der Waals surface area contributed by atoms with Crippen LogP contribution < -0.4 is 10.0 Å². The molecule has 1 aromatic heterocycles. The molecule has 0 fully saturated rings. The number of halogens is 1. The summed E-state index contributed by atoms with van der Waals surface area (Å²) >= 11 is 4.97. The Bertz CT molecular complexity index is 1150. The van der Waals surface area contributed by atoms with Crippen molar-refractivity contribution in [2.45, 2.75) is 52.7 Å². The predicted molar refractivity (Wildman–Crippen MR) is 135 cm³/mol. The first-order valence-corrected chi connectivity index (χ1v) is 14.5. The lowest BCUT2D eigenvalue weighted by Gasteiger charge is -2.30. The number of hydrogen-bond donors (Lipinski definition) is 2. The second kappa shape index (κ2) is 10.7. The number of nitrogens with zero attached hydrogens (tertiary/aromatic N) is 1. The van der Waals surface area contributed by atoms with E-state index < -0.39 is 16.1 Å². The highest BCUT2D eigenvalue weighted by molar-refractivity contribution is 9.10. The number of benzene rings is 1. The van der Waals surface area contributed by atoms with Crippen LogP contribution in [-0.4, -0.2) is 44.0 Å². The van der Waals surface area contributed by atoms with Gasteiger partial charge < -0.3 is 10.2 Å². The highest BCUT2D eigenvalue weighted by Crippen LogP contribution is 2.31. The Morgan fingerprint density at radius 2 is 2.03 bits per heavy atom. The molecular formula is C23H30BrN3O4S2. The van der Waals surface area contributed by atoms with Gasteiger partial charge in [-0.3, -0.25) is 9.59 Å². The van der Waals surface area contributed by atoms with E-state index in [1.165, 1.54) is 11.3 Å². The minimum atomic E-state index is -3.51. The van der Waals surface area contributed by atoms with Crippen LogP contribution in [0, 0.1) is 12.8 Å². The van der Waals surface area contributed by atoms with E-state index in [-0.39, 0.29) is 17.7 Å². The molecule has 33 heavy (non-hydrogen) atoms. The van der Waals surface area contributed by atoms with Crippen LogP contribution in [0.5, 0.6) is 0 Å². The first-order valence-electron chi connectivity index (χ1n) is 10.9. The molecule has 3 rings (SSSR count). The number of hydrogen-bond acceptors (Lipinski definition) is 5. The first-order chi connectivity index (χ1) is 15.5. The molecule has 0 saturated carbocycles. The van der Waals surface area contributed by atoms with E-state index in [0.717, 1.165) is 33.0 Å². The van der Waals surface area contributed by atoms with Crippen LogP contribution in [-0.2, 0) is 34.3 Å². The third kappa shape index (κ3) is 6.23. The van der Waals surface area contributed by atoms with Gasteiger partial charge in [0.1, 0.15) is 10.9 Å². The summed E-state index contributed by atoms with van der Waals surface area (Å²) in [4.78, 5) is 28.4. The first kappa shape index (κ1) is 25.9. The maximum absolute atomic E-state index is 13.0. The molecule has 1 aliphatic heterocycles. The zero-order chi connectivity index (χ0) is 24.3. The maximum atomic E-state index is 13.0. The van der Waals surface area contributed by atoms with E-state index in [4.69, 9.17) is 0 Å². The van der Waals surface area contributed by atoms with Gasteiger partial charge in [-0.25, -0.2) is 13.1 Å². The van der Waals surface area contributed by atoms with Crippen LogP contribution in [0.3, 0.4) is 0 Å². The topological polar surface area (TPSA) is 95.6 Å². The van der Waals surface area contributed by atoms with Gasteiger partial charge in [-0.1, -0.05) is 38.5 Å². The normalized spacial score (nSPS) is 15.6. The molecule has 1 aromatic carbocycles. The Balaban J connectivity index is 1.71. The Hall–Kier alpha value is -1.75. The molecule has 0 saturated heterocycles. The Morgan fingerprint density at radius 1 is 1.30 bits per heavy atom. The maximum Gasteiger partial charge on any atom is 0.265 e. The molecule has 2 atom stereocenters. The summed E-state index contributed by atoms with van der Waals surface area (Å²) in [5.74, 6) is -0.449. The molecule has 2 heterocycles. The predicted octanol–water partition coefficient (Wildman–Crippen LogP) is 3.60. The molecule has 2 N–H and O–H groups in total. The van der Waals surface area contributed by atoms with Crippen molar-refractivity contribution < 1.29 is 18.0 Å². The lowest BCUT2D eigenvalue weighted by Crippen LogP contribution is -2.49. The number of amides is 2. The van der Waals surface area contributed by atoms with Crippen molar-refractivity contribution >= 4 is 49.1 Å². The van der Waals surface area contributed by atoms with Gasteiger partial charge >= 0.3 is 0 Å². The van der Waals surface area contributed by atoms with Crippen molar-refractivity contribution in [3.05, 3.63) is 55.2 Å². The Labute approximate surface area is 208 Å². The molecule has 0 bridgehead atoms. The van der Waals surface area contributed by atoms with Gasteiger partial charge in [0.15, 0.2) is 0 Å². The fourth-order valence-electron chi connectivity index (χ4n) is 3.93. The van der Waals surface area contributed by atoms with E-state index in [2.05, 4.69) is 26.0 Å². The quantitative estimate of drug-likeness (QED) is 0.520. The van der Waals surface area contributed by atoms with Crippen LogP contribution in [0.1, 0.15) is 52.2 Å². The molecule has 180 valence electrons. The third-order valence-corrected chi connectivity index (χ3v) is 9.09. The summed E-state index contributed by atoms with van der Waals surface area (Å²) < 4.78 is 26.8. The lowest BCUT2D eigenvalue weighted by molar-refractivity contribution is -0.124. The SMILES string of the molecule is CCC(C)C(NS(C)(=O)=O)C(=O)NCc1cccc2c1CCN(C(=O)c1scc(C)c1Br)C2. The fourth-order valence-corrected chi connectivity index (χ4v) is 6.36. The summed E-state index contributed by atoms with van der Waals surface area (Å²) in [5.41, 5.74) is 4.25. The monoisotopic (exact) mass is 555 g/mol. The molecule has 1 aliphatic rings. The zero-order valence-corrected chi connectivity index (χ0v) is 22.5. The summed E-state index contributed by atoms with van der Waals surface area (Å²) in [6.07, 6.45) is 2.43. The zero-order valence-electron chi connectivity index (χ0n) is 19.3. The van der Waals surface area contributed by atoms with Gasteiger partial charge in [0, 0.05) is 24.1 Å². The van der Waals surface area contributed by atoms with Crippen molar-refractivity contribution in [2.24, 2.45) is 5.92 Å². The summed E-state index contributed by atoms with van der Waals surface area (Å²) in [6, 6.07) is 5.10. The average Bonchev–Trinajstić information content (AvgIpc) is 3.11. The van der Waals surface area contributed by atoms with Crippen LogP contribution in [0.25, 0.3) is 0 Å².